The van der Waals surface area contributed by atoms with Gasteiger partial charge in [-0.2, -0.15) is 0 Å². The minimum Gasteiger partial charge on any atom is -0.376 e. The number of anilines is 2. The van der Waals surface area contributed by atoms with E-state index in [1.54, 1.807) is 0 Å². The van der Waals surface area contributed by atoms with Crippen molar-refractivity contribution in [3.05, 3.63) is 58.6 Å². The van der Waals surface area contributed by atoms with Crippen molar-refractivity contribution in [3.8, 4) is 0 Å². The molecular weight excluding hydrogens is 316 g/mol. The molecule has 0 saturated heterocycles. The lowest BCUT2D eigenvalue weighted by Crippen LogP contribution is -2.22. The summed E-state index contributed by atoms with van der Waals surface area (Å²) in [5, 5.41) is 6.05. The van der Waals surface area contributed by atoms with Gasteiger partial charge in [-0.25, -0.2) is 0 Å². The molecule has 0 unspecified atom stereocenters. The van der Waals surface area contributed by atoms with Gasteiger partial charge in [0.05, 0.1) is 12.2 Å². The Morgan fingerprint density at radius 3 is 2.40 bits per heavy atom. The minimum absolute atomic E-state index is 0.0668. The number of amides is 1. The Hall–Kier alpha value is -1.81. The summed E-state index contributed by atoms with van der Waals surface area (Å²) in [7, 11) is 0. The van der Waals surface area contributed by atoms with E-state index in [4.69, 9.17) is 0 Å². The molecule has 0 aliphatic rings. The molecule has 0 aromatic heterocycles. The molecule has 0 heterocycles. The summed E-state index contributed by atoms with van der Waals surface area (Å²) >= 11 is 3.41. The van der Waals surface area contributed by atoms with E-state index in [9.17, 15) is 4.79 Å². The van der Waals surface area contributed by atoms with Gasteiger partial charge in [0.1, 0.15) is 0 Å². The Balaban J connectivity index is 1.94. The van der Waals surface area contributed by atoms with Crippen LogP contribution in [-0.2, 0) is 11.2 Å². The molecule has 0 radical (unpaired) electrons. The predicted molar refractivity (Wildman–Crippen MR) is 87.1 cm³/mol. The van der Waals surface area contributed by atoms with Gasteiger partial charge >= 0.3 is 0 Å². The van der Waals surface area contributed by atoms with Gasteiger partial charge in [0, 0.05) is 10.2 Å². The Morgan fingerprint density at radius 1 is 1.05 bits per heavy atom. The smallest absolute Gasteiger partial charge is 0.243 e. The lowest BCUT2D eigenvalue weighted by molar-refractivity contribution is -0.114. The highest BCUT2D eigenvalue weighted by Gasteiger charge is 2.06. The van der Waals surface area contributed by atoms with E-state index in [0.29, 0.717) is 0 Å². The van der Waals surface area contributed by atoms with Crippen LogP contribution in [-0.4, -0.2) is 12.5 Å². The van der Waals surface area contributed by atoms with Crippen LogP contribution in [0.1, 0.15) is 12.5 Å². The molecule has 0 fully saturated rings. The lowest BCUT2D eigenvalue weighted by atomic mass is 10.1. The molecule has 2 rings (SSSR count). The molecule has 2 aromatic rings. The van der Waals surface area contributed by atoms with Crippen LogP contribution in [0.3, 0.4) is 0 Å². The summed E-state index contributed by atoms with van der Waals surface area (Å²) in [6.45, 7) is 2.35. The first-order valence-electron chi connectivity index (χ1n) is 6.57. The molecule has 2 aromatic carbocycles. The maximum atomic E-state index is 11.9. The summed E-state index contributed by atoms with van der Waals surface area (Å²) in [6, 6.07) is 15.6. The first-order valence-corrected chi connectivity index (χ1v) is 7.36. The third kappa shape index (κ3) is 3.84. The van der Waals surface area contributed by atoms with E-state index < -0.39 is 0 Å². The molecule has 0 atom stereocenters. The van der Waals surface area contributed by atoms with Crippen LogP contribution in [0.2, 0.25) is 0 Å². The van der Waals surface area contributed by atoms with Gasteiger partial charge in [-0.1, -0.05) is 37.3 Å². The maximum absolute atomic E-state index is 11.9. The zero-order valence-electron chi connectivity index (χ0n) is 11.3. The maximum Gasteiger partial charge on any atom is 0.243 e. The van der Waals surface area contributed by atoms with E-state index in [0.717, 1.165) is 22.3 Å². The van der Waals surface area contributed by atoms with Gasteiger partial charge in [0.2, 0.25) is 5.91 Å². The van der Waals surface area contributed by atoms with E-state index >= 15 is 0 Å². The highest BCUT2D eigenvalue weighted by Crippen LogP contribution is 2.21. The van der Waals surface area contributed by atoms with Crippen LogP contribution in [0.25, 0.3) is 0 Å². The quantitative estimate of drug-likeness (QED) is 0.866. The van der Waals surface area contributed by atoms with Crippen molar-refractivity contribution in [2.75, 3.05) is 17.2 Å². The highest BCUT2D eigenvalue weighted by atomic mass is 79.9. The fourth-order valence-corrected chi connectivity index (χ4v) is 2.32. The van der Waals surface area contributed by atoms with Gasteiger partial charge in [-0.15, -0.1) is 0 Å². The van der Waals surface area contributed by atoms with E-state index in [1.807, 2.05) is 42.5 Å². The van der Waals surface area contributed by atoms with Gasteiger partial charge in [-0.05, 0) is 46.1 Å². The Labute approximate surface area is 127 Å². The summed E-state index contributed by atoms with van der Waals surface area (Å²) < 4.78 is 0.877. The van der Waals surface area contributed by atoms with Crippen molar-refractivity contribution in [2.45, 2.75) is 13.3 Å². The van der Waals surface area contributed by atoms with Crippen molar-refractivity contribution in [3.63, 3.8) is 0 Å². The standard InChI is InChI=1S/C16H17BrN2O/c1-2-12-7-3-5-9-14(12)18-11-16(20)19-15-10-6-4-8-13(15)17/h3-10,18H,2,11H2,1H3,(H,19,20). The number of hydrogen-bond acceptors (Lipinski definition) is 2. The molecule has 3 nitrogen and oxygen atoms in total. The Bertz CT molecular complexity index is 599. The SMILES string of the molecule is CCc1ccccc1NCC(=O)Nc1ccccc1Br. The van der Waals surface area contributed by atoms with Crippen LogP contribution < -0.4 is 10.6 Å². The van der Waals surface area contributed by atoms with Crippen molar-refractivity contribution >= 4 is 33.2 Å². The lowest BCUT2D eigenvalue weighted by Gasteiger charge is -2.11. The highest BCUT2D eigenvalue weighted by molar-refractivity contribution is 9.10. The van der Waals surface area contributed by atoms with Crippen LogP contribution >= 0.6 is 15.9 Å². The molecule has 0 aliphatic heterocycles. The molecule has 1 amide bonds. The summed E-state index contributed by atoms with van der Waals surface area (Å²) in [6.07, 6.45) is 0.940. The zero-order chi connectivity index (χ0) is 14.4. The molecule has 0 bridgehead atoms. The molecule has 0 saturated carbocycles. The summed E-state index contributed by atoms with van der Waals surface area (Å²) in [4.78, 5) is 11.9. The fraction of sp³-hybridized carbons (Fsp3) is 0.188. The third-order valence-electron chi connectivity index (χ3n) is 2.99. The van der Waals surface area contributed by atoms with Crippen molar-refractivity contribution < 1.29 is 4.79 Å². The monoisotopic (exact) mass is 332 g/mol. The second-order valence-electron chi connectivity index (χ2n) is 4.39. The number of aryl methyl sites for hydroxylation is 1. The normalized spacial score (nSPS) is 10.1. The zero-order valence-corrected chi connectivity index (χ0v) is 12.9. The first kappa shape index (κ1) is 14.6. The topological polar surface area (TPSA) is 41.1 Å². The Morgan fingerprint density at radius 2 is 1.70 bits per heavy atom. The second kappa shape index (κ2) is 7.10. The number of carbonyl (C=O) groups is 1. The van der Waals surface area contributed by atoms with Gasteiger partial charge < -0.3 is 10.6 Å². The summed E-state index contributed by atoms with van der Waals surface area (Å²) in [5.74, 6) is -0.0668. The molecule has 0 aliphatic carbocycles. The first-order chi connectivity index (χ1) is 9.70. The van der Waals surface area contributed by atoms with E-state index in [2.05, 4.69) is 39.6 Å². The average molecular weight is 333 g/mol. The van der Waals surface area contributed by atoms with E-state index in [-0.39, 0.29) is 12.5 Å². The summed E-state index contributed by atoms with van der Waals surface area (Å²) in [5.41, 5.74) is 3.00. The second-order valence-corrected chi connectivity index (χ2v) is 5.25. The van der Waals surface area contributed by atoms with Crippen LogP contribution in [0, 0.1) is 0 Å². The number of para-hydroxylation sites is 2. The fourth-order valence-electron chi connectivity index (χ4n) is 1.93. The van der Waals surface area contributed by atoms with Gasteiger partial charge in [0.25, 0.3) is 0 Å². The van der Waals surface area contributed by atoms with Crippen molar-refractivity contribution in [1.29, 1.82) is 0 Å². The molecular formula is C16H17BrN2O. The number of rotatable bonds is 5. The number of halogens is 1. The molecule has 2 N–H and O–H groups in total. The van der Waals surface area contributed by atoms with Crippen molar-refractivity contribution in [2.24, 2.45) is 0 Å². The molecule has 0 spiro atoms. The minimum atomic E-state index is -0.0668. The largest absolute Gasteiger partial charge is 0.376 e. The van der Waals surface area contributed by atoms with E-state index in [1.165, 1.54) is 5.56 Å². The van der Waals surface area contributed by atoms with Crippen LogP contribution in [0.15, 0.2) is 53.0 Å². The number of carbonyl (C=O) groups excluding carboxylic acids is 1. The molecule has 104 valence electrons. The third-order valence-corrected chi connectivity index (χ3v) is 3.68. The number of nitrogens with one attached hydrogen (secondary N) is 2. The molecule has 20 heavy (non-hydrogen) atoms. The van der Waals surface area contributed by atoms with Crippen LogP contribution in [0.4, 0.5) is 11.4 Å². The van der Waals surface area contributed by atoms with Gasteiger partial charge in [-0.3, -0.25) is 4.79 Å². The Kier molecular flexibility index (Phi) is 5.18. The average Bonchev–Trinajstić information content (AvgIpc) is 2.48. The van der Waals surface area contributed by atoms with Crippen molar-refractivity contribution in [1.82, 2.24) is 0 Å². The number of hydrogen-bond donors (Lipinski definition) is 2. The number of benzene rings is 2. The molecule has 4 heteroatoms. The van der Waals surface area contributed by atoms with Crippen LogP contribution in [0.5, 0.6) is 0 Å². The predicted octanol–water partition coefficient (Wildman–Crippen LogP) is 4.06. The van der Waals surface area contributed by atoms with Gasteiger partial charge in [0.15, 0.2) is 0 Å².